The molecule has 2 rings (SSSR count). The fourth-order valence-corrected chi connectivity index (χ4v) is 1.11. The molecule has 0 amide bonds. The Hall–Kier alpha value is -0.540. The van der Waals surface area contributed by atoms with Crippen LogP contribution >= 0.6 is 12.4 Å². The Balaban J connectivity index is 0.000000500. The second-order valence-corrected chi connectivity index (χ2v) is 2.21. The molecule has 56 valence electrons. The molecular formula is C6H10ClN3. The Labute approximate surface area is 65.9 Å². The van der Waals surface area contributed by atoms with Crippen LogP contribution in [-0.4, -0.2) is 16.1 Å². The molecule has 0 radical (unpaired) electrons. The van der Waals surface area contributed by atoms with Crippen LogP contribution in [0.2, 0.25) is 0 Å². The molecule has 10 heavy (non-hydrogen) atoms. The fraction of sp³-hybridized carbons (Fsp3) is 0.500. The first-order chi connectivity index (χ1) is 4.47. The maximum atomic E-state index is 4.16. The summed E-state index contributed by atoms with van der Waals surface area (Å²) >= 11 is 0. The molecule has 0 saturated carbocycles. The molecule has 0 aliphatic carbocycles. The number of nitrogens with zero attached hydrogens (tertiary/aromatic N) is 2. The highest BCUT2D eigenvalue weighted by molar-refractivity contribution is 5.85. The average Bonchev–Trinajstić information content (AvgIpc) is 2.33. The van der Waals surface area contributed by atoms with Gasteiger partial charge in [-0.25, -0.2) is 4.98 Å². The van der Waals surface area contributed by atoms with E-state index in [2.05, 4.69) is 14.9 Å². The molecule has 0 atom stereocenters. The van der Waals surface area contributed by atoms with Crippen molar-refractivity contribution in [2.75, 3.05) is 6.54 Å². The van der Waals surface area contributed by atoms with Crippen molar-refractivity contribution in [2.24, 2.45) is 0 Å². The number of hydrogen-bond acceptors (Lipinski definition) is 2. The molecule has 0 aromatic carbocycles. The number of aromatic nitrogens is 2. The molecule has 3 nitrogen and oxygen atoms in total. The highest BCUT2D eigenvalue weighted by atomic mass is 35.5. The van der Waals surface area contributed by atoms with Gasteiger partial charge in [-0.15, -0.1) is 12.4 Å². The number of halogens is 1. The Morgan fingerprint density at radius 2 is 2.50 bits per heavy atom. The maximum absolute atomic E-state index is 4.16. The molecule has 1 aromatic heterocycles. The standard InChI is InChI=1S/C6H9N3.ClH/c1-3-9-4-2-8-6(9)5-7-1;/h2,4,7H,1,3,5H2;1H. The quantitative estimate of drug-likeness (QED) is 0.594. The van der Waals surface area contributed by atoms with Crippen molar-refractivity contribution in [2.45, 2.75) is 13.1 Å². The van der Waals surface area contributed by atoms with E-state index in [1.807, 2.05) is 12.4 Å². The van der Waals surface area contributed by atoms with Crippen LogP contribution in [0.1, 0.15) is 5.82 Å². The summed E-state index contributed by atoms with van der Waals surface area (Å²) in [6.07, 6.45) is 3.87. The zero-order chi connectivity index (χ0) is 6.10. The minimum atomic E-state index is 0. The van der Waals surface area contributed by atoms with Crippen molar-refractivity contribution >= 4 is 12.4 Å². The number of imidazole rings is 1. The van der Waals surface area contributed by atoms with Crippen LogP contribution in [0.25, 0.3) is 0 Å². The van der Waals surface area contributed by atoms with Gasteiger partial charge in [0.15, 0.2) is 0 Å². The lowest BCUT2D eigenvalue weighted by atomic mass is 10.4. The summed E-state index contributed by atoms with van der Waals surface area (Å²) in [4.78, 5) is 4.16. The van der Waals surface area contributed by atoms with E-state index in [1.165, 1.54) is 0 Å². The van der Waals surface area contributed by atoms with Gasteiger partial charge in [0.05, 0.1) is 6.54 Å². The minimum absolute atomic E-state index is 0. The van der Waals surface area contributed by atoms with E-state index in [1.54, 1.807) is 0 Å². The van der Waals surface area contributed by atoms with E-state index in [9.17, 15) is 0 Å². The molecule has 1 aromatic rings. The summed E-state index contributed by atoms with van der Waals surface area (Å²) < 4.78 is 2.18. The molecule has 1 aliphatic heterocycles. The molecule has 0 unspecified atom stereocenters. The van der Waals surface area contributed by atoms with Gasteiger partial charge in [0.1, 0.15) is 5.82 Å². The van der Waals surface area contributed by atoms with Gasteiger partial charge < -0.3 is 9.88 Å². The normalized spacial score (nSPS) is 15.6. The van der Waals surface area contributed by atoms with E-state index in [0.29, 0.717) is 0 Å². The first-order valence-corrected chi connectivity index (χ1v) is 3.17. The van der Waals surface area contributed by atoms with Crippen molar-refractivity contribution in [3.05, 3.63) is 18.2 Å². The van der Waals surface area contributed by atoms with Gasteiger partial charge in [-0.05, 0) is 0 Å². The Morgan fingerprint density at radius 3 is 3.30 bits per heavy atom. The first-order valence-electron chi connectivity index (χ1n) is 3.17. The van der Waals surface area contributed by atoms with Crippen LogP contribution in [0.3, 0.4) is 0 Å². The van der Waals surface area contributed by atoms with E-state index in [-0.39, 0.29) is 12.4 Å². The lowest BCUT2D eigenvalue weighted by Gasteiger charge is -2.13. The van der Waals surface area contributed by atoms with E-state index in [0.717, 1.165) is 25.5 Å². The average molecular weight is 160 g/mol. The first kappa shape index (κ1) is 7.57. The molecule has 1 aliphatic rings. The van der Waals surface area contributed by atoms with Crippen molar-refractivity contribution in [3.63, 3.8) is 0 Å². The van der Waals surface area contributed by atoms with Gasteiger partial charge in [0.2, 0.25) is 0 Å². The van der Waals surface area contributed by atoms with E-state index >= 15 is 0 Å². The van der Waals surface area contributed by atoms with Crippen molar-refractivity contribution in [1.29, 1.82) is 0 Å². The number of rotatable bonds is 0. The van der Waals surface area contributed by atoms with E-state index in [4.69, 9.17) is 0 Å². The molecular weight excluding hydrogens is 150 g/mol. The Kier molecular flexibility index (Phi) is 2.29. The van der Waals surface area contributed by atoms with Gasteiger partial charge in [0.25, 0.3) is 0 Å². The summed E-state index contributed by atoms with van der Waals surface area (Å²) in [5.41, 5.74) is 0. The predicted molar refractivity (Wildman–Crippen MR) is 41.2 cm³/mol. The molecule has 0 saturated heterocycles. The number of nitrogens with one attached hydrogen (secondary N) is 1. The minimum Gasteiger partial charge on any atom is -0.333 e. The zero-order valence-corrected chi connectivity index (χ0v) is 6.40. The Morgan fingerprint density at radius 1 is 1.60 bits per heavy atom. The molecule has 1 N–H and O–H groups in total. The summed E-state index contributed by atoms with van der Waals surface area (Å²) in [7, 11) is 0. The predicted octanol–water partition coefficient (Wildman–Crippen LogP) is 0.408. The van der Waals surface area contributed by atoms with Crippen LogP contribution in [0.5, 0.6) is 0 Å². The molecule has 0 fully saturated rings. The van der Waals surface area contributed by atoms with Crippen LogP contribution < -0.4 is 5.32 Å². The highest BCUT2D eigenvalue weighted by Gasteiger charge is 2.05. The lowest BCUT2D eigenvalue weighted by Crippen LogP contribution is -2.27. The van der Waals surface area contributed by atoms with Gasteiger partial charge in [-0.1, -0.05) is 0 Å². The maximum Gasteiger partial charge on any atom is 0.122 e. The lowest BCUT2D eigenvalue weighted by molar-refractivity contribution is 0.505. The number of hydrogen-bond donors (Lipinski definition) is 1. The van der Waals surface area contributed by atoms with Crippen LogP contribution in [0.4, 0.5) is 0 Å². The van der Waals surface area contributed by atoms with Gasteiger partial charge in [0, 0.05) is 25.5 Å². The molecule has 0 spiro atoms. The highest BCUT2D eigenvalue weighted by Crippen LogP contribution is 1.99. The summed E-state index contributed by atoms with van der Waals surface area (Å²) in [5, 5.41) is 3.24. The molecule has 4 heteroatoms. The summed E-state index contributed by atoms with van der Waals surface area (Å²) in [5.74, 6) is 1.15. The fourth-order valence-electron chi connectivity index (χ4n) is 1.11. The SMILES string of the molecule is Cl.c1cn2c(n1)CNCC2. The largest absolute Gasteiger partial charge is 0.333 e. The van der Waals surface area contributed by atoms with Crippen LogP contribution in [0.15, 0.2) is 12.4 Å². The van der Waals surface area contributed by atoms with E-state index < -0.39 is 0 Å². The third-order valence-electron chi connectivity index (χ3n) is 1.61. The third kappa shape index (κ3) is 1.15. The van der Waals surface area contributed by atoms with Crippen molar-refractivity contribution < 1.29 is 0 Å². The Bertz CT molecular complexity index is 188. The van der Waals surface area contributed by atoms with Crippen molar-refractivity contribution in [3.8, 4) is 0 Å². The second-order valence-electron chi connectivity index (χ2n) is 2.21. The smallest absolute Gasteiger partial charge is 0.122 e. The molecule has 0 bridgehead atoms. The molecule has 2 heterocycles. The monoisotopic (exact) mass is 159 g/mol. The number of fused-ring (bicyclic) bond motifs is 1. The van der Waals surface area contributed by atoms with Crippen molar-refractivity contribution in [1.82, 2.24) is 14.9 Å². The van der Waals surface area contributed by atoms with Gasteiger partial charge in [-0.2, -0.15) is 0 Å². The zero-order valence-electron chi connectivity index (χ0n) is 5.58. The third-order valence-corrected chi connectivity index (χ3v) is 1.61. The van der Waals surface area contributed by atoms with Crippen LogP contribution in [-0.2, 0) is 13.1 Å². The summed E-state index contributed by atoms with van der Waals surface area (Å²) in [6, 6.07) is 0. The second kappa shape index (κ2) is 3.03. The van der Waals surface area contributed by atoms with Crippen LogP contribution in [0, 0.1) is 0 Å². The topological polar surface area (TPSA) is 29.9 Å². The summed E-state index contributed by atoms with van der Waals surface area (Å²) in [6.45, 7) is 3.06. The van der Waals surface area contributed by atoms with Gasteiger partial charge >= 0.3 is 0 Å². The van der Waals surface area contributed by atoms with Gasteiger partial charge in [-0.3, -0.25) is 0 Å².